The molecule has 3 aliphatic rings. The minimum absolute atomic E-state index is 0.547. The van der Waals surface area contributed by atoms with Crippen LogP contribution in [0.1, 0.15) is 63.5 Å². The van der Waals surface area contributed by atoms with Gasteiger partial charge in [0, 0.05) is 32.8 Å². The van der Waals surface area contributed by atoms with Crippen LogP contribution in [0.3, 0.4) is 0 Å². The molecule has 0 radical (unpaired) electrons. The Morgan fingerprint density at radius 3 is 2.50 bits per heavy atom. The molecule has 0 unspecified atom stereocenters. The van der Waals surface area contributed by atoms with Crippen molar-refractivity contribution < 1.29 is 4.74 Å². The Balaban J connectivity index is 1.32. The molecule has 4 heteroatoms. The third kappa shape index (κ3) is 4.16. The normalized spacial score (nSPS) is 24.0. The van der Waals surface area contributed by atoms with Gasteiger partial charge in [-0.2, -0.15) is 0 Å². The van der Waals surface area contributed by atoms with Crippen LogP contribution in [0, 0.1) is 18.3 Å². The summed E-state index contributed by atoms with van der Waals surface area (Å²) < 4.78 is 5.57. The van der Waals surface area contributed by atoms with Crippen molar-refractivity contribution in [3.8, 4) is 0 Å². The van der Waals surface area contributed by atoms with Crippen molar-refractivity contribution in [1.29, 1.82) is 0 Å². The van der Waals surface area contributed by atoms with E-state index in [0.717, 1.165) is 50.3 Å². The van der Waals surface area contributed by atoms with Gasteiger partial charge in [0.15, 0.2) is 0 Å². The Bertz CT molecular complexity index is 581. The van der Waals surface area contributed by atoms with Crippen LogP contribution >= 0.6 is 0 Å². The average Bonchev–Trinajstić information content (AvgIpc) is 2.69. The van der Waals surface area contributed by atoms with Crippen LogP contribution in [0.5, 0.6) is 0 Å². The maximum atomic E-state index is 5.57. The Morgan fingerprint density at radius 2 is 1.81 bits per heavy atom. The molecule has 1 spiro atoms. The van der Waals surface area contributed by atoms with E-state index in [0.29, 0.717) is 5.41 Å². The number of hydrogen-bond donors (Lipinski definition) is 1. The number of ether oxygens (including phenoxy) is 1. The first-order valence-corrected chi connectivity index (χ1v) is 10.8. The SMILES string of the molecule is Cc1nc(N2CCC3(CCOCC3)CC2)ccc1NCC1CCCCC1. The third-order valence-electron chi connectivity index (χ3n) is 7.08. The molecule has 3 heterocycles. The summed E-state index contributed by atoms with van der Waals surface area (Å²) >= 11 is 0. The topological polar surface area (TPSA) is 37.4 Å². The van der Waals surface area contributed by atoms with E-state index in [4.69, 9.17) is 9.72 Å². The molecule has 0 atom stereocenters. The number of aryl methyl sites for hydroxylation is 1. The zero-order chi connectivity index (χ0) is 17.8. The smallest absolute Gasteiger partial charge is 0.128 e. The highest BCUT2D eigenvalue weighted by Gasteiger charge is 2.36. The van der Waals surface area contributed by atoms with E-state index >= 15 is 0 Å². The van der Waals surface area contributed by atoms with Gasteiger partial charge in [0.25, 0.3) is 0 Å². The van der Waals surface area contributed by atoms with Gasteiger partial charge in [0.1, 0.15) is 5.82 Å². The van der Waals surface area contributed by atoms with Crippen molar-refractivity contribution in [3.63, 3.8) is 0 Å². The van der Waals surface area contributed by atoms with Gasteiger partial charge in [-0.25, -0.2) is 4.98 Å². The van der Waals surface area contributed by atoms with Crippen molar-refractivity contribution in [2.24, 2.45) is 11.3 Å². The van der Waals surface area contributed by atoms with Crippen molar-refractivity contribution in [2.75, 3.05) is 43.1 Å². The predicted molar refractivity (Wildman–Crippen MR) is 108 cm³/mol. The zero-order valence-corrected chi connectivity index (χ0v) is 16.4. The van der Waals surface area contributed by atoms with E-state index in [1.807, 2.05) is 0 Å². The van der Waals surface area contributed by atoms with Crippen LogP contribution in [-0.4, -0.2) is 37.8 Å². The molecule has 1 aromatic rings. The number of nitrogens with zero attached hydrogens (tertiary/aromatic N) is 2. The number of piperidine rings is 1. The molecule has 2 saturated heterocycles. The molecule has 0 bridgehead atoms. The summed E-state index contributed by atoms with van der Waals surface area (Å²) in [6, 6.07) is 4.47. The van der Waals surface area contributed by atoms with Crippen molar-refractivity contribution in [3.05, 3.63) is 17.8 Å². The van der Waals surface area contributed by atoms with Crippen molar-refractivity contribution in [2.45, 2.75) is 64.7 Å². The molecule has 1 saturated carbocycles. The lowest BCUT2D eigenvalue weighted by molar-refractivity contribution is 0.00206. The highest BCUT2D eigenvalue weighted by atomic mass is 16.5. The molecule has 144 valence electrons. The molecule has 0 aromatic carbocycles. The maximum absolute atomic E-state index is 5.57. The quantitative estimate of drug-likeness (QED) is 0.841. The summed E-state index contributed by atoms with van der Waals surface area (Å²) in [5.41, 5.74) is 2.91. The standard InChI is InChI=1S/C22H35N3O/c1-18-20(23-17-19-5-3-2-4-6-19)7-8-21(24-18)25-13-9-22(10-14-25)11-15-26-16-12-22/h7-8,19,23H,2-6,9-17H2,1H3. The number of nitrogens with one attached hydrogen (secondary N) is 1. The monoisotopic (exact) mass is 357 g/mol. The van der Waals surface area contributed by atoms with E-state index in [9.17, 15) is 0 Å². The predicted octanol–water partition coefficient (Wildman–Crippen LogP) is 4.78. The first-order chi connectivity index (χ1) is 12.7. The molecule has 0 amide bonds. The van der Waals surface area contributed by atoms with Gasteiger partial charge in [-0.15, -0.1) is 0 Å². The van der Waals surface area contributed by atoms with E-state index < -0.39 is 0 Å². The molecule has 2 aliphatic heterocycles. The van der Waals surface area contributed by atoms with Gasteiger partial charge in [0.2, 0.25) is 0 Å². The van der Waals surface area contributed by atoms with Gasteiger partial charge in [-0.3, -0.25) is 0 Å². The highest BCUT2D eigenvalue weighted by Crippen LogP contribution is 2.41. The van der Waals surface area contributed by atoms with E-state index in [1.165, 1.54) is 63.5 Å². The van der Waals surface area contributed by atoms with Gasteiger partial charge in [0.05, 0.1) is 11.4 Å². The van der Waals surface area contributed by atoms with Crippen molar-refractivity contribution in [1.82, 2.24) is 4.98 Å². The summed E-state index contributed by atoms with van der Waals surface area (Å²) in [5.74, 6) is 2.01. The Kier molecular flexibility index (Phi) is 5.68. The summed E-state index contributed by atoms with van der Waals surface area (Å²) in [5, 5.41) is 3.66. The molecule has 1 N–H and O–H groups in total. The maximum Gasteiger partial charge on any atom is 0.128 e. The largest absolute Gasteiger partial charge is 0.383 e. The lowest BCUT2D eigenvalue weighted by Crippen LogP contribution is -2.43. The fourth-order valence-electron chi connectivity index (χ4n) is 5.07. The van der Waals surface area contributed by atoms with Crippen LogP contribution in [-0.2, 0) is 4.74 Å². The van der Waals surface area contributed by atoms with Crippen molar-refractivity contribution >= 4 is 11.5 Å². The lowest BCUT2D eigenvalue weighted by Gasteiger charge is -2.44. The molecular weight excluding hydrogens is 322 g/mol. The van der Waals surface area contributed by atoms with Crippen LogP contribution in [0.25, 0.3) is 0 Å². The molecule has 4 rings (SSSR count). The minimum Gasteiger partial charge on any atom is -0.383 e. The second kappa shape index (κ2) is 8.16. The van der Waals surface area contributed by atoms with E-state index in [2.05, 4.69) is 29.3 Å². The average molecular weight is 358 g/mol. The fraction of sp³-hybridized carbons (Fsp3) is 0.773. The van der Waals surface area contributed by atoms with E-state index in [1.54, 1.807) is 0 Å². The van der Waals surface area contributed by atoms with Crippen LogP contribution in [0.15, 0.2) is 12.1 Å². The first kappa shape index (κ1) is 18.1. The summed E-state index contributed by atoms with van der Waals surface area (Å²) in [6.45, 7) is 7.45. The Morgan fingerprint density at radius 1 is 1.08 bits per heavy atom. The lowest BCUT2D eigenvalue weighted by atomic mass is 9.72. The number of aromatic nitrogens is 1. The molecule has 1 aliphatic carbocycles. The second-order valence-corrected chi connectivity index (χ2v) is 8.79. The molecule has 1 aromatic heterocycles. The molecule has 4 nitrogen and oxygen atoms in total. The summed E-state index contributed by atoms with van der Waals surface area (Å²) in [4.78, 5) is 7.42. The molecule has 3 fully saturated rings. The minimum atomic E-state index is 0.547. The summed E-state index contributed by atoms with van der Waals surface area (Å²) in [6.07, 6.45) is 12.1. The number of hydrogen-bond acceptors (Lipinski definition) is 4. The Hall–Kier alpha value is -1.29. The zero-order valence-electron chi connectivity index (χ0n) is 16.4. The second-order valence-electron chi connectivity index (χ2n) is 8.79. The van der Waals surface area contributed by atoms with E-state index in [-0.39, 0.29) is 0 Å². The van der Waals surface area contributed by atoms with Crippen LogP contribution < -0.4 is 10.2 Å². The van der Waals surface area contributed by atoms with Gasteiger partial charge >= 0.3 is 0 Å². The third-order valence-corrected chi connectivity index (χ3v) is 7.08. The highest BCUT2D eigenvalue weighted by molar-refractivity contribution is 5.53. The molecular formula is C22H35N3O. The van der Waals surface area contributed by atoms with Gasteiger partial charge in [-0.1, -0.05) is 19.3 Å². The first-order valence-electron chi connectivity index (χ1n) is 10.8. The van der Waals surface area contributed by atoms with Gasteiger partial charge < -0.3 is 15.0 Å². The summed E-state index contributed by atoms with van der Waals surface area (Å²) in [7, 11) is 0. The number of rotatable bonds is 4. The number of anilines is 2. The Labute approximate surface area is 158 Å². The molecule has 26 heavy (non-hydrogen) atoms. The fourth-order valence-corrected chi connectivity index (χ4v) is 5.07. The van der Waals surface area contributed by atoms with Gasteiger partial charge in [-0.05, 0) is 68.9 Å². The van der Waals surface area contributed by atoms with Crippen LogP contribution in [0.2, 0.25) is 0 Å². The number of pyridine rings is 1. The van der Waals surface area contributed by atoms with Crippen LogP contribution in [0.4, 0.5) is 11.5 Å².